The standard InChI is InChI=1S/C22H23F3N2O5S/c1-31-18-12-16(13-19(15-18)32-2)6-7-21(28)26-8-10-27(11-9-26)33(29,30)20-5-3-4-17(14-20)22(23,24)25/h3-7,12-15H,8-11H2,1-2H3/b7-6+. The van der Waals surface area contributed by atoms with Crippen molar-refractivity contribution in [2.45, 2.75) is 11.1 Å². The molecule has 0 unspecified atom stereocenters. The maximum atomic E-state index is 12.9. The molecule has 11 heteroatoms. The van der Waals surface area contributed by atoms with Crippen molar-refractivity contribution in [3.8, 4) is 11.5 Å². The number of benzene rings is 2. The smallest absolute Gasteiger partial charge is 0.416 e. The van der Waals surface area contributed by atoms with Gasteiger partial charge in [-0.25, -0.2) is 8.42 Å². The number of halogens is 3. The highest BCUT2D eigenvalue weighted by Gasteiger charge is 2.34. The molecule has 0 bridgehead atoms. The van der Waals surface area contributed by atoms with E-state index in [1.807, 2.05) is 0 Å². The van der Waals surface area contributed by atoms with E-state index in [-0.39, 0.29) is 32.1 Å². The molecule has 1 fully saturated rings. The van der Waals surface area contributed by atoms with Gasteiger partial charge in [0.15, 0.2) is 0 Å². The SMILES string of the molecule is COc1cc(/C=C/C(=O)N2CCN(S(=O)(=O)c3cccc(C(F)(F)F)c3)CC2)cc(OC)c1. The van der Waals surface area contributed by atoms with Crippen molar-refractivity contribution < 1.29 is 35.9 Å². The van der Waals surface area contributed by atoms with Crippen LogP contribution in [-0.2, 0) is 21.0 Å². The fourth-order valence-electron chi connectivity index (χ4n) is 3.33. The molecule has 1 amide bonds. The van der Waals surface area contributed by atoms with Crippen molar-refractivity contribution in [1.29, 1.82) is 0 Å². The molecule has 178 valence electrons. The maximum Gasteiger partial charge on any atom is 0.416 e. The zero-order valence-corrected chi connectivity index (χ0v) is 18.8. The van der Waals surface area contributed by atoms with Gasteiger partial charge in [-0.3, -0.25) is 4.79 Å². The monoisotopic (exact) mass is 484 g/mol. The second-order valence-corrected chi connectivity index (χ2v) is 9.17. The van der Waals surface area contributed by atoms with Crippen LogP contribution in [0.2, 0.25) is 0 Å². The van der Waals surface area contributed by atoms with Gasteiger partial charge in [0.25, 0.3) is 0 Å². The van der Waals surface area contributed by atoms with Crippen LogP contribution in [0.15, 0.2) is 53.4 Å². The molecule has 7 nitrogen and oxygen atoms in total. The fraction of sp³-hybridized carbons (Fsp3) is 0.318. The molecule has 1 heterocycles. The van der Waals surface area contributed by atoms with Crippen LogP contribution in [0.25, 0.3) is 6.08 Å². The third-order valence-corrected chi connectivity index (χ3v) is 7.04. The average molecular weight is 484 g/mol. The first-order valence-corrected chi connectivity index (χ1v) is 11.4. The molecule has 2 aromatic carbocycles. The summed E-state index contributed by atoms with van der Waals surface area (Å²) >= 11 is 0. The number of carbonyl (C=O) groups excluding carboxylic acids is 1. The Bertz CT molecular complexity index is 1120. The summed E-state index contributed by atoms with van der Waals surface area (Å²) in [4.78, 5) is 13.6. The first kappa shape index (κ1) is 24.6. The number of sulfonamides is 1. The van der Waals surface area contributed by atoms with Gasteiger partial charge < -0.3 is 14.4 Å². The van der Waals surface area contributed by atoms with Crippen molar-refractivity contribution in [3.05, 3.63) is 59.7 Å². The molecule has 0 aliphatic carbocycles. The van der Waals surface area contributed by atoms with Crippen molar-refractivity contribution in [3.63, 3.8) is 0 Å². The van der Waals surface area contributed by atoms with Crippen LogP contribution in [-0.4, -0.2) is 63.9 Å². The second kappa shape index (κ2) is 9.84. The Morgan fingerprint density at radius 2 is 1.58 bits per heavy atom. The Morgan fingerprint density at radius 1 is 0.970 bits per heavy atom. The third-order valence-electron chi connectivity index (χ3n) is 5.14. The van der Waals surface area contributed by atoms with Gasteiger partial charge in [-0.05, 0) is 42.0 Å². The Kier molecular flexibility index (Phi) is 7.33. The molecular weight excluding hydrogens is 461 g/mol. The number of amides is 1. The number of rotatable bonds is 6. The number of ether oxygens (including phenoxy) is 2. The minimum absolute atomic E-state index is 0.0227. The van der Waals surface area contributed by atoms with Gasteiger partial charge >= 0.3 is 6.18 Å². The number of piperazine rings is 1. The van der Waals surface area contributed by atoms with Crippen LogP contribution >= 0.6 is 0 Å². The van der Waals surface area contributed by atoms with E-state index in [4.69, 9.17) is 9.47 Å². The largest absolute Gasteiger partial charge is 0.497 e. The molecule has 1 aliphatic heterocycles. The number of carbonyl (C=O) groups is 1. The normalized spacial score (nSPS) is 15.6. The first-order chi connectivity index (χ1) is 15.5. The van der Waals surface area contributed by atoms with Gasteiger partial charge in [0.05, 0.1) is 24.7 Å². The van der Waals surface area contributed by atoms with Crippen molar-refractivity contribution in [2.75, 3.05) is 40.4 Å². The van der Waals surface area contributed by atoms with E-state index in [2.05, 4.69) is 0 Å². The van der Waals surface area contributed by atoms with Gasteiger partial charge in [-0.2, -0.15) is 17.5 Å². The van der Waals surface area contributed by atoms with E-state index in [0.29, 0.717) is 23.1 Å². The van der Waals surface area contributed by atoms with E-state index in [0.717, 1.165) is 22.5 Å². The molecule has 33 heavy (non-hydrogen) atoms. The fourth-order valence-corrected chi connectivity index (χ4v) is 4.80. The lowest BCUT2D eigenvalue weighted by molar-refractivity contribution is -0.137. The van der Waals surface area contributed by atoms with Gasteiger partial charge in [-0.1, -0.05) is 6.07 Å². The summed E-state index contributed by atoms with van der Waals surface area (Å²) in [5.41, 5.74) is -0.345. The van der Waals surface area contributed by atoms with Crippen LogP contribution in [0.3, 0.4) is 0 Å². The lowest BCUT2D eigenvalue weighted by atomic mass is 10.2. The van der Waals surface area contributed by atoms with Gasteiger partial charge in [0.2, 0.25) is 15.9 Å². The predicted octanol–water partition coefficient (Wildman–Crippen LogP) is 3.27. The number of nitrogens with zero attached hydrogens (tertiary/aromatic N) is 2. The maximum absolute atomic E-state index is 12.9. The predicted molar refractivity (Wildman–Crippen MR) is 115 cm³/mol. The summed E-state index contributed by atoms with van der Waals surface area (Å²) in [5, 5.41) is 0. The van der Waals surface area contributed by atoms with Crippen LogP contribution in [0, 0.1) is 0 Å². The molecule has 0 radical (unpaired) electrons. The average Bonchev–Trinajstić information content (AvgIpc) is 2.81. The summed E-state index contributed by atoms with van der Waals surface area (Å²) in [7, 11) is -1.09. The van der Waals surface area contributed by atoms with Gasteiger partial charge in [-0.15, -0.1) is 0 Å². The molecule has 0 spiro atoms. The summed E-state index contributed by atoms with van der Waals surface area (Å²) in [5.74, 6) is 0.817. The van der Waals surface area contributed by atoms with E-state index >= 15 is 0 Å². The number of hydrogen-bond acceptors (Lipinski definition) is 5. The minimum atomic E-state index is -4.64. The third kappa shape index (κ3) is 5.85. The minimum Gasteiger partial charge on any atom is -0.497 e. The Morgan fingerprint density at radius 3 is 2.12 bits per heavy atom. The molecule has 0 atom stereocenters. The van der Waals surface area contributed by atoms with Crippen molar-refractivity contribution in [1.82, 2.24) is 9.21 Å². The molecule has 3 rings (SSSR count). The van der Waals surface area contributed by atoms with Gasteiger partial charge in [0.1, 0.15) is 11.5 Å². The summed E-state index contributed by atoms with van der Waals surface area (Å²) in [6.07, 6.45) is -1.68. The number of hydrogen-bond donors (Lipinski definition) is 0. The lowest BCUT2D eigenvalue weighted by Crippen LogP contribution is -2.50. The van der Waals surface area contributed by atoms with E-state index < -0.39 is 26.7 Å². The van der Waals surface area contributed by atoms with E-state index in [9.17, 15) is 26.4 Å². The topological polar surface area (TPSA) is 76.2 Å². The highest BCUT2D eigenvalue weighted by atomic mass is 32.2. The van der Waals surface area contributed by atoms with Crippen LogP contribution in [0.1, 0.15) is 11.1 Å². The van der Waals surface area contributed by atoms with Crippen molar-refractivity contribution in [2.24, 2.45) is 0 Å². The number of alkyl halides is 3. The van der Waals surface area contributed by atoms with Crippen LogP contribution < -0.4 is 9.47 Å². The summed E-state index contributed by atoms with van der Waals surface area (Å²) in [6.45, 7) is 0.182. The highest BCUT2D eigenvalue weighted by Crippen LogP contribution is 2.31. The van der Waals surface area contributed by atoms with Crippen LogP contribution in [0.4, 0.5) is 13.2 Å². The molecule has 1 saturated heterocycles. The Hall–Kier alpha value is -3.05. The molecule has 1 aliphatic rings. The first-order valence-electron chi connectivity index (χ1n) is 9.92. The van der Waals surface area contributed by atoms with E-state index in [1.54, 1.807) is 24.3 Å². The highest BCUT2D eigenvalue weighted by molar-refractivity contribution is 7.89. The quantitative estimate of drug-likeness (QED) is 0.589. The van der Waals surface area contributed by atoms with E-state index in [1.165, 1.54) is 25.2 Å². The zero-order valence-electron chi connectivity index (χ0n) is 18.0. The molecule has 2 aromatic rings. The van der Waals surface area contributed by atoms with Crippen molar-refractivity contribution >= 4 is 22.0 Å². The molecule has 0 aromatic heterocycles. The number of methoxy groups -OCH3 is 2. The Balaban J connectivity index is 1.66. The Labute approximate surface area is 190 Å². The molecule has 0 saturated carbocycles. The second-order valence-electron chi connectivity index (χ2n) is 7.23. The molecule has 0 N–H and O–H groups in total. The summed E-state index contributed by atoms with van der Waals surface area (Å²) in [6, 6.07) is 8.79. The summed E-state index contributed by atoms with van der Waals surface area (Å²) < 4.78 is 75.9. The lowest BCUT2D eigenvalue weighted by Gasteiger charge is -2.33. The van der Waals surface area contributed by atoms with Gasteiger partial charge in [0, 0.05) is 38.3 Å². The van der Waals surface area contributed by atoms with Crippen LogP contribution in [0.5, 0.6) is 11.5 Å². The zero-order chi connectivity index (χ0) is 24.2. The molecular formula is C22H23F3N2O5S.